The van der Waals surface area contributed by atoms with Crippen LogP contribution >= 0.6 is 0 Å². The Kier molecular flexibility index (Phi) is 3.93. The standard InChI is InChI=1S/C11H16FN5O/c1-2-17-11(12)9(8-14-17)7-13-10-3-4-16(15-10)5-6-18/h3-4,8,18H,2,5-7H2,1H3,(H,13,15). The second kappa shape index (κ2) is 5.63. The van der Waals surface area contributed by atoms with Gasteiger partial charge >= 0.3 is 0 Å². The van der Waals surface area contributed by atoms with Crippen molar-refractivity contribution in [2.45, 2.75) is 26.6 Å². The summed E-state index contributed by atoms with van der Waals surface area (Å²) >= 11 is 0. The van der Waals surface area contributed by atoms with E-state index in [9.17, 15) is 4.39 Å². The fourth-order valence-electron chi connectivity index (χ4n) is 1.62. The van der Waals surface area contributed by atoms with Crippen molar-refractivity contribution >= 4 is 5.82 Å². The number of nitrogens with zero attached hydrogens (tertiary/aromatic N) is 4. The van der Waals surface area contributed by atoms with E-state index >= 15 is 0 Å². The summed E-state index contributed by atoms with van der Waals surface area (Å²) < 4.78 is 16.6. The molecular formula is C11H16FN5O. The number of hydrogen-bond donors (Lipinski definition) is 2. The Morgan fingerprint density at radius 1 is 1.50 bits per heavy atom. The summed E-state index contributed by atoms with van der Waals surface area (Å²) in [6.07, 6.45) is 3.26. The summed E-state index contributed by atoms with van der Waals surface area (Å²) in [6, 6.07) is 1.78. The first kappa shape index (κ1) is 12.6. The van der Waals surface area contributed by atoms with Gasteiger partial charge in [0, 0.05) is 30.9 Å². The van der Waals surface area contributed by atoms with Gasteiger partial charge in [-0.25, -0.2) is 4.68 Å². The molecule has 0 fully saturated rings. The predicted octanol–water partition coefficient (Wildman–Crippen LogP) is 0.843. The van der Waals surface area contributed by atoms with E-state index in [0.29, 0.717) is 31.0 Å². The molecule has 0 aliphatic carbocycles. The zero-order chi connectivity index (χ0) is 13.0. The van der Waals surface area contributed by atoms with Gasteiger partial charge in [0.1, 0.15) is 5.82 Å². The number of anilines is 1. The number of hydrogen-bond acceptors (Lipinski definition) is 4. The first-order valence-electron chi connectivity index (χ1n) is 5.83. The smallest absolute Gasteiger partial charge is 0.216 e. The van der Waals surface area contributed by atoms with Crippen molar-refractivity contribution in [3.05, 3.63) is 30.0 Å². The number of rotatable bonds is 6. The largest absolute Gasteiger partial charge is 0.394 e. The van der Waals surface area contributed by atoms with Crippen LogP contribution in [-0.4, -0.2) is 31.3 Å². The SMILES string of the molecule is CCn1ncc(CNc2ccn(CCO)n2)c1F. The van der Waals surface area contributed by atoms with Gasteiger partial charge in [-0.05, 0) is 6.92 Å². The highest BCUT2D eigenvalue weighted by molar-refractivity contribution is 5.33. The molecule has 0 atom stereocenters. The van der Waals surface area contributed by atoms with Crippen LogP contribution < -0.4 is 5.32 Å². The van der Waals surface area contributed by atoms with Crippen LogP contribution in [0.5, 0.6) is 0 Å². The highest BCUT2D eigenvalue weighted by Crippen LogP contribution is 2.09. The lowest BCUT2D eigenvalue weighted by Crippen LogP contribution is -2.06. The lowest BCUT2D eigenvalue weighted by Gasteiger charge is -2.01. The van der Waals surface area contributed by atoms with E-state index in [0.717, 1.165) is 0 Å². The third-order valence-corrected chi connectivity index (χ3v) is 2.57. The van der Waals surface area contributed by atoms with Crippen LogP contribution in [0.3, 0.4) is 0 Å². The molecule has 2 aromatic rings. The van der Waals surface area contributed by atoms with Crippen LogP contribution in [0.15, 0.2) is 18.5 Å². The Hall–Kier alpha value is -1.89. The zero-order valence-electron chi connectivity index (χ0n) is 10.2. The topological polar surface area (TPSA) is 67.9 Å². The first-order chi connectivity index (χ1) is 8.74. The van der Waals surface area contributed by atoms with Crippen LogP contribution in [0.4, 0.5) is 10.2 Å². The Balaban J connectivity index is 1.95. The third kappa shape index (κ3) is 2.67. The molecule has 2 aromatic heterocycles. The number of aromatic nitrogens is 4. The molecular weight excluding hydrogens is 237 g/mol. The minimum Gasteiger partial charge on any atom is -0.394 e. The van der Waals surface area contributed by atoms with Crippen LogP contribution in [-0.2, 0) is 19.6 Å². The van der Waals surface area contributed by atoms with Crippen LogP contribution in [0, 0.1) is 5.95 Å². The van der Waals surface area contributed by atoms with Gasteiger partial charge in [0.15, 0.2) is 0 Å². The molecule has 0 bridgehead atoms. The van der Waals surface area contributed by atoms with Gasteiger partial charge in [-0.1, -0.05) is 0 Å². The molecule has 0 spiro atoms. The monoisotopic (exact) mass is 253 g/mol. The number of aliphatic hydroxyl groups excluding tert-OH is 1. The van der Waals surface area contributed by atoms with Crippen LogP contribution in [0.25, 0.3) is 0 Å². The van der Waals surface area contributed by atoms with E-state index in [2.05, 4.69) is 15.5 Å². The fourth-order valence-corrected chi connectivity index (χ4v) is 1.62. The molecule has 0 radical (unpaired) electrons. The lowest BCUT2D eigenvalue weighted by atomic mass is 10.3. The number of halogens is 1. The van der Waals surface area contributed by atoms with Crippen LogP contribution in [0.1, 0.15) is 12.5 Å². The Morgan fingerprint density at radius 3 is 3.00 bits per heavy atom. The minimum atomic E-state index is -0.320. The third-order valence-electron chi connectivity index (χ3n) is 2.57. The molecule has 0 amide bonds. The molecule has 18 heavy (non-hydrogen) atoms. The number of nitrogens with one attached hydrogen (secondary N) is 1. The minimum absolute atomic E-state index is 0.0407. The zero-order valence-corrected chi connectivity index (χ0v) is 10.2. The van der Waals surface area contributed by atoms with E-state index in [1.807, 2.05) is 6.92 Å². The van der Waals surface area contributed by atoms with Gasteiger partial charge in [0.2, 0.25) is 5.95 Å². The maximum atomic E-state index is 13.7. The molecule has 0 aromatic carbocycles. The molecule has 2 heterocycles. The van der Waals surface area contributed by atoms with Gasteiger partial charge in [0.05, 0.1) is 19.3 Å². The average molecular weight is 253 g/mol. The van der Waals surface area contributed by atoms with Crippen molar-refractivity contribution in [3.63, 3.8) is 0 Å². The Morgan fingerprint density at radius 2 is 2.33 bits per heavy atom. The summed E-state index contributed by atoms with van der Waals surface area (Å²) in [4.78, 5) is 0. The second-order valence-corrected chi connectivity index (χ2v) is 3.82. The van der Waals surface area contributed by atoms with E-state index in [1.54, 1.807) is 16.9 Å². The lowest BCUT2D eigenvalue weighted by molar-refractivity contribution is 0.269. The Labute approximate surface area is 104 Å². The second-order valence-electron chi connectivity index (χ2n) is 3.82. The predicted molar refractivity (Wildman–Crippen MR) is 64.5 cm³/mol. The summed E-state index contributed by atoms with van der Waals surface area (Å²) in [6.45, 7) is 3.17. The van der Waals surface area contributed by atoms with Crippen molar-refractivity contribution in [2.24, 2.45) is 0 Å². The molecule has 98 valence electrons. The summed E-state index contributed by atoms with van der Waals surface area (Å²) in [5, 5.41) is 19.9. The molecule has 6 nitrogen and oxygen atoms in total. The molecule has 0 aliphatic rings. The van der Waals surface area contributed by atoms with Crippen molar-refractivity contribution in [3.8, 4) is 0 Å². The number of aliphatic hydroxyl groups is 1. The van der Waals surface area contributed by atoms with Gasteiger partial charge in [-0.15, -0.1) is 0 Å². The van der Waals surface area contributed by atoms with E-state index in [4.69, 9.17) is 5.11 Å². The maximum Gasteiger partial charge on any atom is 0.216 e. The quantitative estimate of drug-likeness (QED) is 0.800. The maximum absolute atomic E-state index is 13.7. The summed E-state index contributed by atoms with van der Waals surface area (Å²) in [5.41, 5.74) is 0.508. The van der Waals surface area contributed by atoms with Crippen LogP contribution in [0.2, 0.25) is 0 Å². The molecule has 0 unspecified atom stereocenters. The first-order valence-corrected chi connectivity index (χ1v) is 5.83. The van der Waals surface area contributed by atoms with E-state index < -0.39 is 0 Å². The highest BCUT2D eigenvalue weighted by Gasteiger charge is 2.09. The molecule has 0 saturated heterocycles. The van der Waals surface area contributed by atoms with Crippen molar-refractivity contribution < 1.29 is 9.50 Å². The normalized spacial score (nSPS) is 10.8. The average Bonchev–Trinajstić information content (AvgIpc) is 2.94. The van der Waals surface area contributed by atoms with E-state index in [-0.39, 0.29) is 12.6 Å². The highest BCUT2D eigenvalue weighted by atomic mass is 19.1. The number of aryl methyl sites for hydroxylation is 1. The van der Waals surface area contributed by atoms with Gasteiger partial charge in [-0.2, -0.15) is 14.6 Å². The summed E-state index contributed by atoms with van der Waals surface area (Å²) in [7, 11) is 0. The van der Waals surface area contributed by atoms with Gasteiger partial charge in [0.25, 0.3) is 0 Å². The van der Waals surface area contributed by atoms with Crippen molar-refractivity contribution in [2.75, 3.05) is 11.9 Å². The molecule has 0 saturated carbocycles. The van der Waals surface area contributed by atoms with Crippen molar-refractivity contribution in [1.29, 1.82) is 0 Å². The van der Waals surface area contributed by atoms with Gasteiger partial charge < -0.3 is 10.4 Å². The fraction of sp³-hybridized carbons (Fsp3) is 0.455. The molecule has 7 heteroatoms. The van der Waals surface area contributed by atoms with Gasteiger partial charge in [-0.3, -0.25) is 4.68 Å². The summed E-state index contributed by atoms with van der Waals surface area (Å²) in [5.74, 6) is 0.326. The van der Waals surface area contributed by atoms with Crippen molar-refractivity contribution in [1.82, 2.24) is 19.6 Å². The molecule has 0 aliphatic heterocycles. The molecule has 2 N–H and O–H groups in total. The van der Waals surface area contributed by atoms with E-state index in [1.165, 1.54) is 10.9 Å². The molecule has 2 rings (SSSR count). The Bertz CT molecular complexity index is 507.